The predicted molar refractivity (Wildman–Crippen MR) is 130 cm³/mol. The molecule has 34 heavy (non-hydrogen) atoms. The third-order valence-electron chi connectivity index (χ3n) is 4.35. The van der Waals surface area contributed by atoms with E-state index in [4.69, 9.17) is 16.6 Å². The Morgan fingerprint density at radius 3 is 2.47 bits per heavy atom. The summed E-state index contributed by atoms with van der Waals surface area (Å²) in [4.78, 5) is 7.76. The lowest BCUT2D eigenvalue weighted by Gasteiger charge is -2.07. The van der Waals surface area contributed by atoms with Crippen molar-refractivity contribution >= 4 is 45.2 Å². The molecule has 0 bridgehead atoms. The van der Waals surface area contributed by atoms with Crippen LogP contribution in [0.1, 0.15) is 5.76 Å². The number of para-hydroxylation sites is 1. The minimum Gasteiger partial charge on any atom is -0.455 e. The molecular formula is C22H17FN6O3S2. The third kappa shape index (κ3) is 5.79. The van der Waals surface area contributed by atoms with Gasteiger partial charge in [-0.1, -0.05) is 12.1 Å². The Labute approximate surface area is 199 Å². The molecule has 0 aliphatic carbocycles. The predicted octanol–water partition coefficient (Wildman–Crippen LogP) is 4.00. The maximum atomic E-state index is 13.6. The first-order valence-corrected chi connectivity index (χ1v) is 11.6. The standard InChI is InChI=1S/C22H17FN6O3S2/c23-18-4-1-2-5-19(18)27-22(33)28-26-14-16-8-11-20(32-16)15-6-9-17(10-7-15)34(30,31)29-21-24-12-3-13-25-21/h1-14H,(H,24,25,29)(H2,27,28,33). The molecule has 0 aliphatic rings. The number of rotatable bonds is 7. The van der Waals surface area contributed by atoms with Crippen LogP contribution in [0.5, 0.6) is 0 Å². The van der Waals surface area contributed by atoms with E-state index in [9.17, 15) is 12.8 Å². The van der Waals surface area contributed by atoms with Crippen LogP contribution in [-0.4, -0.2) is 29.7 Å². The van der Waals surface area contributed by atoms with Crippen LogP contribution in [0.15, 0.2) is 93.5 Å². The van der Waals surface area contributed by atoms with Crippen molar-refractivity contribution in [3.63, 3.8) is 0 Å². The van der Waals surface area contributed by atoms with Crippen LogP contribution in [0.25, 0.3) is 11.3 Å². The van der Waals surface area contributed by atoms with Crippen LogP contribution in [0.3, 0.4) is 0 Å². The fourth-order valence-electron chi connectivity index (χ4n) is 2.77. The van der Waals surface area contributed by atoms with Gasteiger partial charge in [0.05, 0.1) is 16.8 Å². The average molecular weight is 497 g/mol. The van der Waals surface area contributed by atoms with Gasteiger partial charge in [-0.2, -0.15) is 5.10 Å². The summed E-state index contributed by atoms with van der Waals surface area (Å²) < 4.78 is 46.6. The molecule has 9 nitrogen and oxygen atoms in total. The molecule has 3 N–H and O–H groups in total. The average Bonchev–Trinajstić information content (AvgIpc) is 3.30. The number of nitrogens with one attached hydrogen (secondary N) is 3. The largest absolute Gasteiger partial charge is 0.455 e. The molecule has 0 saturated carbocycles. The number of hydrogen-bond acceptors (Lipinski definition) is 7. The van der Waals surface area contributed by atoms with E-state index >= 15 is 0 Å². The summed E-state index contributed by atoms with van der Waals surface area (Å²) in [6, 6.07) is 17.2. The number of furan rings is 1. The first-order valence-electron chi connectivity index (χ1n) is 9.75. The second-order valence-corrected chi connectivity index (χ2v) is 8.80. The quantitative estimate of drug-likeness (QED) is 0.199. The SMILES string of the molecule is O=S(=O)(Nc1ncccn1)c1ccc(-c2ccc(C=NNC(=S)Nc3ccccc3F)o2)cc1. The van der Waals surface area contributed by atoms with E-state index < -0.39 is 15.8 Å². The fourth-order valence-corrected chi connectivity index (χ4v) is 3.89. The molecule has 0 radical (unpaired) electrons. The van der Waals surface area contributed by atoms with Crippen molar-refractivity contribution in [2.45, 2.75) is 4.90 Å². The highest BCUT2D eigenvalue weighted by atomic mass is 32.2. The van der Waals surface area contributed by atoms with Crippen molar-refractivity contribution in [3.05, 3.63) is 90.7 Å². The van der Waals surface area contributed by atoms with Crippen molar-refractivity contribution in [1.82, 2.24) is 15.4 Å². The first-order chi connectivity index (χ1) is 16.4. The molecule has 0 amide bonds. The lowest BCUT2D eigenvalue weighted by Crippen LogP contribution is -2.24. The third-order valence-corrected chi connectivity index (χ3v) is 5.88. The Kier molecular flexibility index (Phi) is 6.90. The molecule has 2 aromatic carbocycles. The highest BCUT2D eigenvalue weighted by Crippen LogP contribution is 2.24. The maximum Gasteiger partial charge on any atom is 0.264 e. The number of aromatic nitrogens is 2. The lowest BCUT2D eigenvalue weighted by atomic mass is 10.2. The van der Waals surface area contributed by atoms with Gasteiger partial charge in [0.15, 0.2) is 5.11 Å². The van der Waals surface area contributed by atoms with Crippen molar-refractivity contribution in [3.8, 4) is 11.3 Å². The van der Waals surface area contributed by atoms with E-state index in [-0.39, 0.29) is 21.6 Å². The molecule has 0 saturated heterocycles. The van der Waals surface area contributed by atoms with Gasteiger partial charge in [-0.3, -0.25) is 5.43 Å². The summed E-state index contributed by atoms with van der Waals surface area (Å²) >= 11 is 5.08. The topological polar surface area (TPSA) is 122 Å². The van der Waals surface area contributed by atoms with Gasteiger partial charge in [-0.15, -0.1) is 0 Å². The van der Waals surface area contributed by atoms with Crippen LogP contribution >= 0.6 is 12.2 Å². The summed E-state index contributed by atoms with van der Waals surface area (Å²) in [7, 11) is -3.83. The van der Waals surface area contributed by atoms with Crippen molar-refractivity contribution in [2.24, 2.45) is 5.10 Å². The number of sulfonamides is 1. The summed E-state index contributed by atoms with van der Waals surface area (Å²) in [5.41, 5.74) is 3.47. The molecule has 0 aliphatic heterocycles. The number of thiocarbonyl (C=S) groups is 1. The van der Waals surface area contributed by atoms with Crippen LogP contribution in [0, 0.1) is 5.82 Å². The van der Waals surface area contributed by atoms with E-state index in [1.807, 2.05) is 0 Å². The van der Waals surface area contributed by atoms with Gasteiger partial charge in [0.25, 0.3) is 10.0 Å². The number of benzene rings is 2. The number of hydrogen-bond donors (Lipinski definition) is 3. The molecular weight excluding hydrogens is 479 g/mol. The van der Waals surface area contributed by atoms with Crippen LogP contribution in [0.2, 0.25) is 0 Å². The van der Waals surface area contributed by atoms with Gasteiger partial charge in [-0.25, -0.2) is 27.5 Å². The van der Waals surface area contributed by atoms with Gasteiger partial charge in [0, 0.05) is 18.0 Å². The molecule has 172 valence electrons. The second kappa shape index (κ2) is 10.2. The zero-order chi connectivity index (χ0) is 24.0. The summed E-state index contributed by atoms with van der Waals surface area (Å²) in [6.45, 7) is 0. The van der Waals surface area contributed by atoms with E-state index in [1.54, 1.807) is 48.5 Å². The van der Waals surface area contributed by atoms with Gasteiger partial charge in [0.2, 0.25) is 5.95 Å². The highest BCUT2D eigenvalue weighted by Gasteiger charge is 2.16. The Morgan fingerprint density at radius 2 is 1.74 bits per heavy atom. The van der Waals surface area contributed by atoms with E-state index in [0.29, 0.717) is 17.1 Å². The van der Waals surface area contributed by atoms with E-state index in [2.05, 4.69) is 30.5 Å². The van der Waals surface area contributed by atoms with Crippen LogP contribution in [0.4, 0.5) is 16.0 Å². The highest BCUT2D eigenvalue weighted by molar-refractivity contribution is 7.92. The normalized spacial score (nSPS) is 11.3. The number of nitrogens with zero attached hydrogens (tertiary/aromatic N) is 3. The van der Waals surface area contributed by atoms with Crippen molar-refractivity contribution in [2.75, 3.05) is 10.0 Å². The molecule has 0 atom stereocenters. The molecule has 0 spiro atoms. The smallest absolute Gasteiger partial charge is 0.264 e. The summed E-state index contributed by atoms with van der Waals surface area (Å²) in [6.07, 6.45) is 4.28. The Bertz CT molecular complexity index is 1420. The zero-order valence-corrected chi connectivity index (χ0v) is 19.0. The van der Waals surface area contributed by atoms with Crippen LogP contribution < -0.4 is 15.5 Å². The monoisotopic (exact) mass is 496 g/mol. The molecule has 4 rings (SSSR count). The minimum absolute atomic E-state index is 0.0151. The minimum atomic E-state index is -3.83. The van der Waals surface area contributed by atoms with Crippen molar-refractivity contribution in [1.29, 1.82) is 0 Å². The van der Waals surface area contributed by atoms with Crippen LogP contribution in [-0.2, 0) is 10.0 Å². The Morgan fingerprint density at radius 1 is 1.00 bits per heavy atom. The number of anilines is 2. The molecule has 2 heterocycles. The molecule has 2 aromatic heterocycles. The molecule has 4 aromatic rings. The van der Waals surface area contributed by atoms with E-state index in [0.717, 1.165) is 0 Å². The summed E-state index contributed by atoms with van der Waals surface area (Å²) in [5.74, 6) is 0.487. The first kappa shape index (κ1) is 23.0. The van der Waals surface area contributed by atoms with E-state index in [1.165, 1.54) is 36.8 Å². The number of hydrazone groups is 1. The molecule has 0 fully saturated rings. The van der Waals surface area contributed by atoms with Gasteiger partial charge < -0.3 is 9.73 Å². The number of halogens is 1. The summed E-state index contributed by atoms with van der Waals surface area (Å²) in [5, 5.41) is 6.78. The Balaban J connectivity index is 1.37. The molecule has 0 unspecified atom stereocenters. The van der Waals surface area contributed by atoms with Crippen molar-refractivity contribution < 1.29 is 17.2 Å². The van der Waals surface area contributed by atoms with Gasteiger partial charge in [0.1, 0.15) is 17.3 Å². The zero-order valence-electron chi connectivity index (χ0n) is 17.3. The maximum absolute atomic E-state index is 13.6. The fraction of sp³-hybridized carbons (Fsp3) is 0. The second-order valence-electron chi connectivity index (χ2n) is 6.71. The van der Waals surface area contributed by atoms with Gasteiger partial charge >= 0.3 is 0 Å². The van der Waals surface area contributed by atoms with Gasteiger partial charge in [-0.05, 0) is 66.8 Å². The Hall–Kier alpha value is -4.16. The lowest BCUT2D eigenvalue weighted by molar-refractivity contribution is 0.574. The molecule has 12 heteroatoms.